The van der Waals surface area contributed by atoms with E-state index in [2.05, 4.69) is 5.32 Å². The molecule has 0 spiro atoms. The van der Waals surface area contributed by atoms with E-state index in [9.17, 15) is 9.18 Å². The Morgan fingerprint density at radius 2 is 1.86 bits per heavy atom. The van der Waals surface area contributed by atoms with E-state index in [1.54, 1.807) is 6.07 Å². The summed E-state index contributed by atoms with van der Waals surface area (Å²) in [4.78, 5) is 12.0. The van der Waals surface area contributed by atoms with Gasteiger partial charge in [0, 0.05) is 0 Å². The summed E-state index contributed by atoms with van der Waals surface area (Å²) in [5, 5.41) is 2.94. The van der Waals surface area contributed by atoms with E-state index in [1.807, 2.05) is 37.3 Å². The molecule has 0 saturated heterocycles. The topological polar surface area (TPSA) is 55.1 Å². The molecule has 0 aromatic heterocycles. The Balaban J connectivity index is 1.72. The van der Waals surface area contributed by atoms with Crippen molar-refractivity contribution < 1.29 is 9.18 Å². The predicted octanol–water partition coefficient (Wildman–Crippen LogP) is 3.16. The molecule has 114 valence electrons. The second-order valence-electron chi connectivity index (χ2n) is 5.98. The van der Waals surface area contributed by atoms with Gasteiger partial charge in [-0.2, -0.15) is 0 Å². The minimum absolute atomic E-state index is 0.0887. The third-order valence-electron chi connectivity index (χ3n) is 4.16. The van der Waals surface area contributed by atoms with E-state index < -0.39 is 5.54 Å². The molecule has 1 amide bonds. The Hall–Kier alpha value is -2.20. The fourth-order valence-corrected chi connectivity index (χ4v) is 2.42. The number of halogens is 1. The number of amides is 1. The lowest BCUT2D eigenvalue weighted by atomic mass is 10.0. The molecular weight excluding hydrogens is 279 g/mol. The molecule has 1 saturated carbocycles. The van der Waals surface area contributed by atoms with Crippen molar-refractivity contribution >= 4 is 5.91 Å². The molecule has 22 heavy (non-hydrogen) atoms. The van der Waals surface area contributed by atoms with Gasteiger partial charge in [-0.25, -0.2) is 4.39 Å². The van der Waals surface area contributed by atoms with E-state index in [0.717, 1.165) is 29.5 Å². The first-order chi connectivity index (χ1) is 10.5. The maximum absolute atomic E-state index is 13.3. The minimum Gasteiger partial charge on any atom is -0.348 e. The Morgan fingerprint density at radius 1 is 1.18 bits per heavy atom. The maximum Gasteiger partial charge on any atom is 0.240 e. The molecule has 4 heteroatoms. The molecule has 0 bridgehead atoms. The fraction of sp³-hybridized carbons (Fsp3) is 0.278. The smallest absolute Gasteiger partial charge is 0.240 e. The van der Waals surface area contributed by atoms with Crippen LogP contribution in [0.2, 0.25) is 0 Å². The lowest BCUT2D eigenvalue weighted by molar-refractivity contribution is -0.123. The second kappa shape index (κ2) is 5.54. The maximum atomic E-state index is 13.3. The zero-order valence-corrected chi connectivity index (χ0v) is 12.5. The lowest BCUT2D eigenvalue weighted by Gasteiger charge is -2.17. The van der Waals surface area contributed by atoms with E-state index in [-0.39, 0.29) is 17.8 Å². The van der Waals surface area contributed by atoms with Crippen LogP contribution in [-0.4, -0.2) is 11.4 Å². The van der Waals surface area contributed by atoms with Gasteiger partial charge in [0.2, 0.25) is 5.91 Å². The standard InChI is InChI=1S/C18H19FN2O/c1-12(21-17(22)18(20)9-10-18)13-5-7-14(8-6-13)15-3-2-4-16(19)11-15/h2-8,11-12H,9-10,20H2,1H3,(H,21,22)/t12-/m1/s1. The summed E-state index contributed by atoms with van der Waals surface area (Å²) >= 11 is 0. The van der Waals surface area contributed by atoms with Crippen LogP contribution in [0.4, 0.5) is 4.39 Å². The van der Waals surface area contributed by atoms with Gasteiger partial charge in [-0.15, -0.1) is 0 Å². The molecule has 3 nitrogen and oxygen atoms in total. The van der Waals surface area contributed by atoms with Gasteiger partial charge in [0.1, 0.15) is 5.82 Å². The van der Waals surface area contributed by atoms with E-state index >= 15 is 0 Å². The molecule has 2 aromatic rings. The van der Waals surface area contributed by atoms with Gasteiger partial charge in [0.15, 0.2) is 0 Å². The molecular formula is C18H19FN2O. The summed E-state index contributed by atoms with van der Waals surface area (Å²) in [6.45, 7) is 1.93. The monoisotopic (exact) mass is 298 g/mol. The highest BCUT2D eigenvalue weighted by Gasteiger charge is 2.46. The molecule has 3 N–H and O–H groups in total. The summed E-state index contributed by atoms with van der Waals surface area (Å²) in [5.41, 5.74) is 8.00. The summed E-state index contributed by atoms with van der Waals surface area (Å²) in [7, 11) is 0. The van der Waals surface area contributed by atoms with Crippen LogP contribution in [0.5, 0.6) is 0 Å². The molecule has 3 rings (SSSR count). The Bertz CT molecular complexity index is 692. The van der Waals surface area contributed by atoms with Gasteiger partial charge in [-0.1, -0.05) is 36.4 Å². The molecule has 2 aromatic carbocycles. The van der Waals surface area contributed by atoms with Gasteiger partial charge in [0.05, 0.1) is 11.6 Å². The van der Waals surface area contributed by atoms with Crippen molar-refractivity contribution in [2.45, 2.75) is 31.3 Å². The zero-order valence-electron chi connectivity index (χ0n) is 12.5. The van der Waals surface area contributed by atoms with Crippen molar-refractivity contribution in [1.82, 2.24) is 5.32 Å². The Kier molecular flexibility index (Phi) is 3.71. The molecule has 0 radical (unpaired) electrons. The van der Waals surface area contributed by atoms with Crippen molar-refractivity contribution in [3.05, 3.63) is 59.9 Å². The number of nitrogens with two attached hydrogens (primary N) is 1. The van der Waals surface area contributed by atoms with Crippen LogP contribution in [0.15, 0.2) is 48.5 Å². The normalized spacial score (nSPS) is 16.9. The van der Waals surface area contributed by atoms with Crippen LogP contribution in [-0.2, 0) is 4.79 Å². The molecule has 1 atom stereocenters. The van der Waals surface area contributed by atoms with E-state index in [4.69, 9.17) is 5.73 Å². The summed E-state index contributed by atoms with van der Waals surface area (Å²) in [6.07, 6.45) is 1.51. The van der Waals surface area contributed by atoms with E-state index in [0.29, 0.717) is 0 Å². The van der Waals surface area contributed by atoms with Gasteiger partial charge in [-0.05, 0) is 48.6 Å². The van der Waals surface area contributed by atoms with Crippen LogP contribution < -0.4 is 11.1 Å². The van der Waals surface area contributed by atoms with Gasteiger partial charge < -0.3 is 11.1 Å². The number of benzene rings is 2. The molecule has 1 aliphatic carbocycles. The molecule has 1 aliphatic rings. The lowest BCUT2D eigenvalue weighted by Crippen LogP contribution is -2.43. The number of nitrogens with one attached hydrogen (secondary N) is 1. The molecule has 0 heterocycles. The van der Waals surface area contributed by atoms with Crippen molar-refractivity contribution in [2.75, 3.05) is 0 Å². The van der Waals surface area contributed by atoms with Crippen LogP contribution in [0.3, 0.4) is 0 Å². The highest BCUT2D eigenvalue weighted by Crippen LogP contribution is 2.33. The van der Waals surface area contributed by atoms with Gasteiger partial charge in [-0.3, -0.25) is 4.79 Å². The van der Waals surface area contributed by atoms with Crippen LogP contribution >= 0.6 is 0 Å². The van der Waals surface area contributed by atoms with Gasteiger partial charge in [0.25, 0.3) is 0 Å². The molecule has 0 aliphatic heterocycles. The fourth-order valence-electron chi connectivity index (χ4n) is 2.42. The SMILES string of the molecule is C[C@@H](NC(=O)C1(N)CC1)c1ccc(-c2cccc(F)c2)cc1. The first kappa shape index (κ1) is 14.7. The first-order valence-corrected chi connectivity index (χ1v) is 7.44. The van der Waals surface area contributed by atoms with Crippen LogP contribution in [0.1, 0.15) is 31.4 Å². The summed E-state index contributed by atoms with van der Waals surface area (Å²) < 4.78 is 13.3. The van der Waals surface area contributed by atoms with E-state index in [1.165, 1.54) is 12.1 Å². The number of hydrogen-bond acceptors (Lipinski definition) is 2. The summed E-state index contributed by atoms with van der Waals surface area (Å²) in [5.74, 6) is -0.339. The van der Waals surface area contributed by atoms with Crippen molar-refractivity contribution in [3.8, 4) is 11.1 Å². The summed E-state index contributed by atoms with van der Waals surface area (Å²) in [6, 6.07) is 14.1. The quantitative estimate of drug-likeness (QED) is 0.911. The van der Waals surface area contributed by atoms with Crippen molar-refractivity contribution in [3.63, 3.8) is 0 Å². The second-order valence-corrected chi connectivity index (χ2v) is 5.98. The minimum atomic E-state index is -0.657. The van der Waals surface area contributed by atoms with Crippen LogP contribution in [0, 0.1) is 5.82 Å². The largest absolute Gasteiger partial charge is 0.348 e. The van der Waals surface area contributed by atoms with Crippen LogP contribution in [0.25, 0.3) is 11.1 Å². The highest BCUT2D eigenvalue weighted by atomic mass is 19.1. The van der Waals surface area contributed by atoms with Crippen molar-refractivity contribution in [1.29, 1.82) is 0 Å². The zero-order chi connectivity index (χ0) is 15.7. The average molecular weight is 298 g/mol. The number of carbonyl (C=O) groups is 1. The van der Waals surface area contributed by atoms with Crippen molar-refractivity contribution in [2.24, 2.45) is 5.73 Å². The number of rotatable bonds is 4. The van der Waals surface area contributed by atoms with Gasteiger partial charge >= 0.3 is 0 Å². The number of carbonyl (C=O) groups excluding carboxylic acids is 1. The average Bonchev–Trinajstić information content (AvgIpc) is 3.26. The predicted molar refractivity (Wildman–Crippen MR) is 84.5 cm³/mol. The highest BCUT2D eigenvalue weighted by molar-refractivity contribution is 5.89. The number of hydrogen-bond donors (Lipinski definition) is 2. The first-order valence-electron chi connectivity index (χ1n) is 7.44. The Morgan fingerprint density at radius 3 is 2.45 bits per heavy atom. The third kappa shape index (κ3) is 3.02. The molecule has 1 fully saturated rings. The Labute approximate surface area is 129 Å². The molecule has 0 unspecified atom stereocenters. The third-order valence-corrected chi connectivity index (χ3v) is 4.16.